The largest absolute Gasteiger partial charge is 0.240 e. The minimum atomic E-state index is -3.65. The van der Waals surface area contributed by atoms with Gasteiger partial charge in [0.25, 0.3) is 0 Å². The molecule has 3 nitrogen and oxygen atoms in total. The minimum Gasteiger partial charge on any atom is -0.208 e. The highest BCUT2D eigenvalue weighted by Gasteiger charge is 2.18. The van der Waals surface area contributed by atoms with Crippen LogP contribution in [0.2, 0.25) is 0 Å². The lowest BCUT2D eigenvalue weighted by molar-refractivity contribution is 0.521. The highest BCUT2D eigenvalue weighted by Crippen LogP contribution is 2.19. The first-order valence-electron chi connectivity index (χ1n) is 6.84. The van der Waals surface area contributed by atoms with E-state index >= 15 is 0 Å². The van der Waals surface area contributed by atoms with Crippen molar-refractivity contribution >= 4 is 26.0 Å². The summed E-state index contributed by atoms with van der Waals surface area (Å²) in [6.45, 7) is 3.97. The normalized spacial score (nSPS) is 13.4. The van der Waals surface area contributed by atoms with Crippen LogP contribution in [0.4, 0.5) is 4.39 Å². The molecule has 0 aromatic heterocycles. The van der Waals surface area contributed by atoms with Crippen LogP contribution < -0.4 is 4.72 Å². The van der Waals surface area contributed by atoms with Crippen LogP contribution in [-0.2, 0) is 10.0 Å². The van der Waals surface area contributed by atoms with Crippen LogP contribution in [-0.4, -0.2) is 14.5 Å². The number of sulfonamides is 1. The first kappa shape index (κ1) is 17.6. The Morgan fingerprint density at radius 3 is 2.60 bits per heavy atom. The van der Waals surface area contributed by atoms with E-state index in [0.29, 0.717) is 0 Å². The van der Waals surface area contributed by atoms with E-state index in [0.717, 1.165) is 38.2 Å². The smallest absolute Gasteiger partial charge is 0.208 e. The zero-order valence-electron chi connectivity index (χ0n) is 11.8. The predicted octanol–water partition coefficient (Wildman–Crippen LogP) is 4.23. The second kappa shape index (κ2) is 8.10. The first-order valence-corrected chi connectivity index (χ1v) is 9.12. The number of nitrogens with one attached hydrogen (secondary N) is 1. The highest BCUT2D eigenvalue weighted by atomic mass is 79.9. The second-order valence-electron chi connectivity index (χ2n) is 4.95. The fraction of sp³-hybridized carbons (Fsp3) is 0.571. The molecule has 1 aromatic rings. The molecule has 0 fully saturated rings. The van der Waals surface area contributed by atoms with E-state index in [1.54, 1.807) is 0 Å². The highest BCUT2D eigenvalue weighted by molar-refractivity contribution is 9.10. The Morgan fingerprint density at radius 1 is 1.30 bits per heavy atom. The van der Waals surface area contributed by atoms with Gasteiger partial charge in [0, 0.05) is 6.04 Å². The molecular formula is C14H21BrFNO2S. The zero-order valence-corrected chi connectivity index (χ0v) is 14.2. The lowest BCUT2D eigenvalue weighted by Crippen LogP contribution is -2.32. The van der Waals surface area contributed by atoms with Crippen molar-refractivity contribution < 1.29 is 12.8 Å². The first-order chi connectivity index (χ1) is 9.36. The van der Waals surface area contributed by atoms with Crippen molar-refractivity contribution in [1.82, 2.24) is 4.72 Å². The van der Waals surface area contributed by atoms with Crippen molar-refractivity contribution in [3.05, 3.63) is 28.5 Å². The molecule has 0 amide bonds. The fourth-order valence-corrected chi connectivity index (χ4v) is 3.45. The third-order valence-corrected chi connectivity index (χ3v) is 5.28. The van der Waals surface area contributed by atoms with Crippen LogP contribution in [0, 0.1) is 5.82 Å². The van der Waals surface area contributed by atoms with Crippen LogP contribution >= 0.6 is 15.9 Å². The second-order valence-corrected chi connectivity index (χ2v) is 7.52. The molecule has 0 aliphatic heterocycles. The Bertz CT molecular complexity index is 534. The molecule has 0 spiro atoms. The maximum Gasteiger partial charge on any atom is 0.240 e. The van der Waals surface area contributed by atoms with Gasteiger partial charge in [0.15, 0.2) is 0 Å². The lowest BCUT2D eigenvalue weighted by atomic mass is 10.1. The Balaban J connectivity index is 2.62. The van der Waals surface area contributed by atoms with Gasteiger partial charge in [-0.05, 0) is 47.5 Å². The molecule has 20 heavy (non-hydrogen) atoms. The third-order valence-electron chi connectivity index (χ3n) is 3.05. The van der Waals surface area contributed by atoms with Gasteiger partial charge in [0.05, 0.1) is 9.37 Å². The van der Waals surface area contributed by atoms with Crippen molar-refractivity contribution in [3.63, 3.8) is 0 Å². The van der Waals surface area contributed by atoms with Gasteiger partial charge in [0.2, 0.25) is 10.0 Å². The van der Waals surface area contributed by atoms with Gasteiger partial charge in [-0.15, -0.1) is 0 Å². The van der Waals surface area contributed by atoms with E-state index in [4.69, 9.17) is 0 Å². The molecule has 114 valence electrons. The van der Waals surface area contributed by atoms with E-state index in [2.05, 4.69) is 27.6 Å². The van der Waals surface area contributed by atoms with Crippen molar-refractivity contribution in [2.45, 2.75) is 56.9 Å². The van der Waals surface area contributed by atoms with E-state index in [9.17, 15) is 12.8 Å². The number of halogens is 2. The number of unbranched alkanes of at least 4 members (excludes halogenated alkanes) is 3. The number of rotatable bonds is 8. The fourth-order valence-electron chi connectivity index (χ4n) is 1.91. The summed E-state index contributed by atoms with van der Waals surface area (Å²) in [5.41, 5.74) is 0. The summed E-state index contributed by atoms with van der Waals surface area (Å²) < 4.78 is 40.4. The summed E-state index contributed by atoms with van der Waals surface area (Å²) in [5.74, 6) is -0.580. The molecule has 1 atom stereocenters. The van der Waals surface area contributed by atoms with Crippen LogP contribution in [0.5, 0.6) is 0 Å². The standard InChI is InChI=1S/C14H21BrFNO2S/c1-3-4-5-6-7-11(2)17-20(18,19)12-8-9-13(15)14(16)10-12/h8-11,17H,3-7H2,1-2H3. The van der Waals surface area contributed by atoms with Gasteiger partial charge in [-0.1, -0.05) is 32.6 Å². The average Bonchev–Trinajstić information content (AvgIpc) is 2.37. The zero-order chi connectivity index (χ0) is 15.2. The van der Waals surface area contributed by atoms with Crippen LogP contribution in [0.15, 0.2) is 27.6 Å². The summed E-state index contributed by atoms with van der Waals surface area (Å²) in [7, 11) is -3.65. The van der Waals surface area contributed by atoms with Gasteiger partial charge in [-0.2, -0.15) is 0 Å². The maximum atomic E-state index is 13.4. The Hall–Kier alpha value is -0.460. The monoisotopic (exact) mass is 365 g/mol. The summed E-state index contributed by atoms with van der Waals surface area (Å²) in [5, 5.41) is 0. The lowest BCUT2D eigenvalue weighted by Gasteiger charge is -2.14. The summed E-state index contributed by atoms with van der Waals surface area (Å²) in [4.78, 5) is -0.0430. The van der Waals surface area contributed by atoms with Crippen molar-refractivity contribution in [2.24, 2.45) is 0 Å². The summed E-state index contributed by atoms with van der Waals surface area (Å²) >= 11 is 3.01. The van der Waals surface area contributed by atoms with E-state index in [-0.39, 0.29) is 15.4 Å². The SMILES string of the molecule is CCCCCCC(C)NS(=O)(=O)c1ccc(Br)c(F)c1. The van der Waals surface area contributed by atoms with E-state index in [1.165, 1.54) is 12.1 Å². The average molecular weight is 366 g/mol. The Morgan fingerprint density at radius 2 is 2.00 bits per heavy atom. The van der Waals surface area contributed by atoms with Gasteiger partial charge < -0.3 is 0 Å². The molecule has 0 saturated heterocycles. The molecule has 1 aromatic carbocycles. The minimum absolute atomic E-state index is 0.0430. The molecule has 0 bridgehead atoms. The number of hydrogen-bond acceptors (Lipinski definition) is 2. The number of hydrogen-bond donors (Lipinski definition) is 1. The van der Waals surface area contributed by atoms with Crippen molar-refractivity contribution in [2.75, 3.05) is 0 Å². The van der Waals surface area contributed by atoms with Gasteiger partial charge in [-0.25, -0.2) is 17.5 Å². The molecule has 1 N–H and O–H groups in total. The molecule has 0 aliphatic rings. The van der Waals surface area contributed by atoms with Crippen molar-refractivity contribution in [3.8, 4) is 0 Å². The quantitative estimate of drug-likeness (QED) is 0.700. The summed E-state index contributed by atoms with van der Waals surface area (Å²) in [6, 6.07) is 3.66. The van der Waals surface area contributed by atoms with E-state index in [1.807, 2.05) is 6.92 Å². The molecule has 6 heteroatoms. The molecule has 0 saturated carbocycles. The number of benzene rings is 1. The van der Waals surface area contributed by atoms with Gasteiger partial charge >= 0.3 is 0 Å². The van der Waals surface area contributed by atoms with Gasteiger partial charge in [-0.3, -0.25) is 0 Å². The van der Waals surface area contributed by atoms with Crippen LogP contribution in [0.1, 0.15) is 46.0 Å². The van der Waals surface area contributed by atoms with E-state index < -0.39 is 15.8 Å². The molecular weight excluding hydrogens is 345 g/mol. The molecule has 0 heterocycles. The topological polar surface area (TPSA) is 46.2 Å². The summed E-state index contributed by atoms with van der Waals surface area (Å²) in [6.07, 6.45) is 5.20. The third kappa shape index (κ3) is 5.50. The van der Waals surface area contributed by atoms with Crippen molar-refractivity contribution in [1.29, 1.82) is 0 Å². The molecule has 0 aliphatic carbocycles. The van der Waals surface area contributed by atoms with Gasteiger partial charge in [0.1, 0.15) is 5.82 Å². The molecule has 1 rings (SSSR count). The van der Waals surface area contributed by atoms with Crippen LogP contribution in [0.25, 0.3) is 0 Å². The Labute approximate surface area is 129 Å². The molecule has 1 unspecified atom stereocenters. The molecule has 0 radical (unpaired) electrons. The maximum absolute atomic E-state index is 13.4. The Kier molecular flexibility index (Phi) is 7.12. The van der Waals surface area contributed by atoms with Crippen LogP contribution in [0.3, 0.4) is 0 Å². The predicted molar refractivity (Wildman–Crippen MR) is 82.6 cm³/mol.